The van der Waals surface area contributed by atoms with E-state index in [1.54, 1.807) is 18.2 Å². The molecule has 1 aromatic carbocycles. The van der Waals surface area contributed by atoms with E-state index in [-0.39, 0.29) is 6.42 Å². The summed E-state index contributed by atoms with van der Waals surface area (Å²) in [5.74, 6) is 4.65. The Morgan fingerprint density at radius 1 is 1.56 bits per heavy atom. The number of hydrogen-bond acceptors (Lipinski definition) is 3. The van der Waals surface area contributed by atoms with Crippen molar-refractivity contribution in [2.45, 2.75) is 6.42 Å². The largest absolute Gasteiger partial charge is 0.495 e. The maximum atomic E-state index is 10.2. The van der Waals surface area contributed by atoms with E-state index in [4.69, 9.17) is 15.1 Å². The topological polar surface area (TPSA) is 70.3 Å². The zero-order chi connectivity index (χ0) is 12.0. The summed E-state index contributed by atoms with van der Waals surface area (Å²) >= 11 is 0. The third kappa shape index (κ3) is 3.04. The van der Waals surface area contributed by atoms with Crippen molar-refractivity contribution in [3.63, 3.8) is 0 Å². The summed E-state index contributed by atoms with van der Waals surface area (Å²) in [6.07, 6.45) is -0.206. The van der Waals surface area contributed by atoms with Crippen molar-refractivity contribution in [3.8, 4) is 23.7 Å². The summed E-state index contributed by atoms with van der Waals surface area (Å²) in [6.45, 7) is 0. The third-order valence-corrected chi connectivity index (χ3v) is 1.79. The van der Waals surface area contributed by atoms with Crippen LogP contribution in [0.15, 0.2) is 18.2 Å². The molecule has 0 heterocycles. The average molecular weight is 215 g/mol. The van der Waals surface area contributed by atoms with Crippen molar-refractivity contribution < 1.29 is 14.6 Å². The molecule has 0 saturated heterocycles. The van der Waals surface area contributed by atoms with Crippen LogP contribution in [0.25, 0.3) is 0 Å². The Morgan fingerprint density at radius 2 is 2.31 bits per heavy atom. The van der Waals surface area contributed by atoms with Crippen LogP contribution in [-0.2, 0) is 4.79 Å². The number of methoxy groups -OCH3 is 1. The van der Waals surface area contributed by atoms with Gasteiger partial charge < -0.3 is 9.84 Å². The van der Waals surface area contributed by atoms with Gasteiger partial charge in [-0.3, -0.25) is 4.79 Å². The summed E-state index contributed by atoms with van der Waals surface area (Å²) < 4.78 is 5.00. The summed E-state index contributed by atoms with van der Waals surface area (Å²) in [5.41, 5.74) is 1.04. The van der Waals surface area contributed by atoms with Gasteiger partial charge in [-0.2, -0.15) is 5.26 Å². The minimum Gasteiger partial charge on any atom is -0.495 e. The van der Waals surface area contributed by atoms with Crippen LogP contribution in [0, 0.1) is 23.2 Å². The van der Waals surface area contributed by atoms with Gasteiger partial charge in [0.15, 0.2) is 0 Å². The van der Waals surface area contributed by atoms with Gasteiger partial charge in [0.2, 0.25) is 0 Å². The summed E-state index contributed by atoms with van der Waals surface area (Å²) in [6, 6.07) is 6.82. The Balaban J connectivity index is 2.95. The first-order valence-corrected chi connectivity index (χ1v) is 4.46. The molecule has 0 amide bonds. The molecule has 1 aromatic rings. The Hall–Kier alpha value is -2.46. The van der Waals surface area contributed by atoms with Gasteiger partial charge in [0.05, 0.1) is 12.7 Å². The molecule has 0 aliphatic rings. The highest BCUT2D eigenvalue weighted by Crippen LogP contribution is 2.18. The van der Waals surface area contributed by atoms with Crippen LogP contribution in [0.1, 0.15) is 17.5 Å². The number of carboxylic acids is 1. The molecule has 0 fully saturated rings. The molecule has 0 aliphatic heterocycles. The molecule has 0 radical (unpaired) electrons. The molecule has 4 nitrogen and oxygen atoms in total. The van der Waals surface area contributed by atoms with Gasteiger partial charge in [0, 0.05) is 5.56 Å². The van der Waals surface area contributed by atoms with Crippen molar-refractivity contribution in [1.82, 2.24) is 0 Å². The van der Waals surface area contributed by atoms with Gasteiger partial charge >= 0.3 is 5.97 Å². The summed E-state index contributed by atoms with van der Waals surface area (Å²) in [5, 5.41) is 17.1. The van der Waals surface area contributed by atoms with Crippen molar-refractivity contribution in [3.05, 3.63) is 29.3 Å². The lowest BCUT2D eigenvalue weighted by Gasteiger charge is -2.01. The van der Waals surface area contributed by atoms with E-state index in [2.05, 4.69) is 11.8 Å². The van der Waals surface area contributed by atoms with E-state index in [0.717, 1.165) is 0 Å². The minimum atomic E-state index is -0.965. The molecule has 0 aromatic heterocycles. The number of nitrogens with zero attached hydrogens (tertiary/aromatic N) is 1. The molecule has 0 unspecified atom stereocenters. The number of ether oxygens (including phenoxy) is 1. The third-order valence-electron chi connectivity index (χ3n) is 1.79. The molecule has 0 bridgehead atoms. The SMILES string of the molecule is COc1cc(C#CCC(=O)O)ccc1C#N. The molecule has 80 valence electrons. The van der Waals surface area contributed by atoms with Crippen LogP contribution >= 0.6 is 0 Å². The number of aliphatic carboxylic acids is 1. The standard InChI is InChI=1S/C12H9NO3/c1-16-11-7-9(3-2-4-12(14)15)5-6-10(11)8-13/h5-7H,4H2,1H3,(H,14,15). The predicted molar refractivity (Wildman–Crippen MR) is 56.8 cm³/mol. The number of nitriles is 1. The van der Waals surface area contributed by atoms with Crippen LogP contribution in [0.4, 0.5) is 0 Å². The molecule has 0 saturated carbocycles. The first-order valence-electron chi connectivity index (χ1n) is 4.46. The van der Waals surface area contributed by atoms with Crippen LogP contribution in [0.5, 0.6) is 5.75 Å². The maximum Gasteiger partial charge on any atom is 0.315 e. The molecule has 16 heavy (non-hydrogen) atoms. The van der Waals surface area contributed by atoms with E-state index in [1.807, 2.05) is 6.07 Å². The first-order chi connectivity index (χ1) is 7.67. The van der Waals surface area contributed by atoms with Crippen molar-refractivity contribution in [2.24, 2.45) is 0 Å². The second kappa shape index (κ2) is 5.43. The van der Waals surface area contributed by atoms with E-state index < -0.39 is 5.97 Å². The fourth-order valence-corrected chi connectivity index (χ4v) is 1.08. The van der Waals surface area contributed by atoms with E-state index >= 15 is 0 Å². The van der Waals surface area contributed by atoms with Crippen molar-refractivity contribution in [1.29, 1.82) is 5.26 Å². The van der Waals surface area contributed by atoms with Gasteiger partial charge in [-0.05, 0) is 18.2 Å². The lowest BCUT2D eigenvalue weighted by molar-refractivity contribution is -0.135. The Kier molecular flexibility index (Phi) is 3.94. The Bertz CT molecular complexity index is 503. The maximum absolute atomic E-state index is 10.2. The Morgan fingerprint density at radius 3 is 2.88 bits per heavy atom. The predicted octanol–water partition coefficient (Wildman–Crippen LogP) is 1.39. The van der Waals surface area contributed by atoms with Gasteiger partial charge in [-0.1, -0.05) is 11.8 Å². The molecular formula is C12H9NO3. The smallest absolute Gasteiger partial charge is 0.315 e. The van der Waals surface area contributed by atoms with Gasteiger partial charge in [0.1, 0.15) is 18.2 Å². The molecule has 0 atom stereocenters. The normalized spacial score (nSPS) is 8.50. The molecule has 4 heteroatoms. The highest BCUT2D eigenvalue weighted by Gasteiger charge is 2.01. The summed E-state index contributed by atoms with van der Waals surface area (Å²) in [4.78, 5) is 10.2. The highest BCUT2D eigenvalue weighted by molar-refractivity contribution is 5.70. The van der Waals surface area contributed by atoms with Crippen molar-refractivity contribution >= 4 is 5.97 Å². The molecule has 1 rings (SSSR count). The lowest BCUT2D eigenvalue weighted by atomic mass is 10.1. The van der Waals surface area contributed by atoms with E-state index in [0.29, 0.717) is 16.9 Å². The number of hydrogen-bond donors (Lipinski definition) is 1. The zero-order valence-corrected chi connectivity index (χ0v) is 8.65. The van der Waals surface area contributed by atoms with Gasteiger partial charge in [0.25, 0.3) is 0 Å². The van der Waals surface area contributed by atoms with Crippen molar-refractivity contribution in [2.75, 3.05) is 7.11 Å². The van der Waals surface area contributed by atoms with Crippen LogP contribution in [-0.4, -0.2) is 18.2 Å². The monoisotopic (exact) mass is 215 g/mol. The van der Waals surface area contributed by atoms with E-state index in [1.165, 1.54) is 7.11 Å². The lowest BCUT2D eigenvalue weighted by Crippen LogP contribution is -1.91. The fraction of sp³-hybridized carbons (Fsp3) is 0.167. The highest BCUT2D eigenvalue weighted by atomic mass is 16.5. The number of carbonyl (C=O) groups is 1. The van der Waals surface area contributed by atoms with Crippen LogP contribution in [0.3, 0.4) is 0 Å². The number of rotatable bonds is 2. The second-order valence-corrected chi connectivity index (χ2v) is 2.90. The van der Waals surface area contributed by atoms with Crippen LogP contribution in [0.2, 0.25) is 0 Å². The van der Waals surface area contributed by atoms with Crippen LogP contribution < -0.4 is 4.74 Å². The number of carboxylic acid groups (broad SMARTS) is 1. The molecule has 0 aliphatic carbocycles. The number of benzene rings is 1. The molecule has 1 N–H and O–H groups in total. The summed E-state index contributed by atoms with van der Waals surface area (Å²) in [7, 11) is 1.46. The average Bonchev–Trinajstić information content (AvgIpc) is 2.28. The molecular weight excluding hydrogens is 206 g/mol. The fourth-order valence-electron chi connectivity index (χ4n) is 1.08. The van der Waals surface area contributed by atoms with Gasteiger partial charge in [-0.25, -0.2) is 0 Å². The minimum absolute atomic E-state index is 0.206. The Labute approximate surface area is 93.1 Å². The van der Waals surface area contributed by atoms with Gasteiger partial charge in [-0.15, -0.1) is 0 Å². The first kappa shape index (κ1) is 11.6. The zero-order valence-electron chi connectivity index (χ0n) is 8.65. The second-order valence-electron chi connectivity index (χ2n) is 2.90. The van der Waals surface area contributed by atoms with E-state index in [9.17, 15) is 4.79 Å². The molecule has 0 spiro atoms. The quantitative estimate of drug-likeness (QED) is 0.757.